The van der Waals surface area contributed by atoms with Crippen molar-refractivity contribution in [2.24, 2.45) is 0 Å². The van der Waals surface area contributed by atoms with E-state index in [9.17, 15) is 14.0 Å². The summed E-state index contributed by atoms with van der Waals surface area (Å²) in [7, 11) is 0. The number of carbonyl (C=O) groups is 1. The van der Waals surface area contributed by atoms with E-state index in [4.69, 9.17) is 9.68 Å². The van der Waals surface area contributed by atoms with Crippen LogP contribution in [0.25, 0.3) is 11.0 Å². The molecule has 0 spiro atoms. The molecule has 5 nitrogen and oxygen atoms in total. The van der Waals surface area contributed by atoms with Crippen LogP contribution in [0.15, 0.2) is 57.7 Å². The number of benzene rings is 2. The third kappa shape index (κ3) is 2.94. The van der Waals surface area contributed by atoms with E-state index in [0.29, 0.717) is 16.7 Å². The van der Waals surface area contributed by atoms with Crippen LogP contribution in [0, 0.1) is 17.1 Å². The number of rotatable bonds is 2. The van der Waals surface area contributed by atoms with E-state index >= 15 is 0 Å². The lowest BCUT2D eigenvalue weighted by atomic mass is 10.1. The third-order valence-corrected chi connectivity index (χ3v) is 3.22. The Morgan fingerprint density at radius 1 is 1.13 bits per heavy atom. The van der Waals surface area contributed by atoms with Crippen molar-refractivity contribution >= 4 is 22.6 Å². The molecule has 0 saturated heterocycles. The Bertz CT molecular complexity index is 1020. The number of amides is 1. The van der Waals surface area contributed by atoms with E-state index in [-0.39, 0.29) is 11.1 Å². The van der Waals surface area contributed by atoms with Gasteiger partial charge in [-0.25, -0.2) is 9.18 Å². The van der Waals surface area contributed by atoms with Gasteiger partial charge in [-0.1, -0.05) is 0 Å². The Morgan fingerprint density at radius 3 is 2.70 bits per heavy atom. The van der Waals surface area contributed by atoms with Gasteiger partial charge in [-0.05, 0) is 42.5 Å². The smallest absolute Gasteiger partial charge is 0.336 e. The molecule has 1 N–H and O–H groups in total. The molecule has 112 valence electrons. The molecule has 3 rings (SSSR count). The number of nitrogens with zero attached hydrogens (tertiary/aromatic N) is 1. The fourth-order valence-electron chi connectivity index (χ4n) is 2.12. The van der Waals surface area contributed by atoms with Gasteiger partial charge in [0.05, 0.1) is 17.2 Å². The van der Waals surface area contributed by atoms with E-state index in [1.807, 2.05) is 0 Å². The van der Waals surface area contributed by atoms with Gasteiger partial charge < -0.3 is 9.73 Å². The summed E-state index contributed by atoms with van der Waals surface area (Å²) in [4.78, 5) is 23.2. The first-order valence-corrected chi connectivity index (χ1v) is 6.62. The highest BCUT2D eigenvalue weighted by Crippen LogP contribution is 2.19. The lowest BCUT2D eigenvalue weighted by molar-refractivity contribution is 0.102. The average molecular weight is 308 g/mol. The Morgan fingerprint density at radius 2 is 1.96 bits per heavy atom. The van der Waals surface area contributed by atoms with Gasteiger partial charge in [0, 0.05) is 17.1 Å². The summed E-state index contributed by atoms with van der Waals surface area (Å²) in [6.45, 7) is 0. The number of halogens is 1. The maximum Gasteiger partial charge on any atom is 0.336 e. The monoisotopic (exact) mass is 308 g/mol. The highest BCUT2D eigenvalue weighted by atomic mass is 19.1. The lowest BCUT2D eigenvalue weighted by Crippen LogP contribution is -2.13. The highest BCUT2D eigenvalue weighted by Gasteiger charge is 2.13. The molecular weight excluding hydrogens is 299 g/mol. The molecule has 0 aliphatic rings. The molecule has 2 aromatic carbocycles. The van der Waals surface area contributed by atoms with Crippen molar-refractivity contribution in [3.8, 4) is 6.07 Å². The van der Waals surface area contributed by atoms with Crippen LogP contribution in [0.2, 0.25) is 0 Å². The molecule has 0 fully saturated rings. The van der Waals surface area contributed by atoms with Gasteiger partial charge in [-0.2, -0.15) is 5.26 Å². The lowest BCUT2D eigenvalue weighted by Gasteiger charge is -2.07. The molecule has 0 aliphatic carbocycles. The number of carbonyl (C=O) groups excluding carboxylic acids is 1. The zero-order valence-corrected chi connectivity index (χ0v) is 11.7. The molecule has 3 aromatic rings. The minimum absolute atomic E-state index is 0.139. The number of hydrogen-bond acceptors (Lipinski definition) is 4. The molecule has 1 aromatic heterocycles. The quantitative estimate of drug-likeness (QED) is 0.737. The second kappa shape index (κ2) is 5.73. The fraction of sp³-hybridized carbons (Fsp3) is 0. The minimum atomic E-state index is -0.770. The second-order valence-electron chi connectivity index (χ2n) is 4.77. The molecule has 1 amide bonds. The Hall–Kier alpha value is -3.46. The van der Waals surface area contributed by atoms with Crippen LogP contribution in [0.1, 0.15) is 15.9 Å². The summed E-state index contributed by atoms with van der Waals surface area (Å²) < 4.78 is 18.8. The van der Waals surface area contributed by atoms with Gasteiger partial charge in [0.2, 0.25) is 0 Å². The van der Waals surface area contributed by atoms with Crippen LogP contribution in [0.4, 0.5) is 10.1 Å². The number of nitriles is 1. The van der Waals surface area contributed by atoms with Gasteiger partial charge in [0.15, 0.2) is 0 Å². The SMILES string of the molecule is N#Cc1ccc(C(=O)Nc2ccc3oc(=O)ccc3c2)c(F)c1. The second-order valence-corrected chi connectivity index (χ2v) is 4.77. The normalized spacial score (nSPS) is 10.3. The number of anilines is 1. The topological polar surface area (TPSA) is 83.1 Å². The fourth-order valence-corrected chi connectivity index (χ4v) is 2.12. The summed E-state index contributed by atoms with van der Waals surface area (Å²) in [6.07, 6.45) is 0. The predicted molar refractivity (Wildman–Crippen MR) is 81.6 cm³/mol. The van der Waals surface area contributed by atoms with Crippen molar-refractivity contribution in [2.45, 2.75) is 0 Å². The zero-order valence-electron chi connectivity index (χ0n) is 11.7. The maximum absolute atomic E-state index is 13.8. The molecular formula is C17H9FN2O3. The van der Waals surface area contributed by atoms with Crippen molar-refractivity contribution in [1.82, 2.24) is 0 Å². The molecule has 6 heteroatoms. The van der Waals surface area contributed by atoms with Gasteiger partial charge in [0.1, 0.15) is 11.4 Å². The zero-order chi connectivity index (χ0) is 16.4. The summed E-state index contributed by atoms with van der Waals surface area (Å²) in [5, 5.41) is 11.9. The van der Waals surface area contributed by atoms with Crippen molar-refractivity contribution in [1.29, 1.82) is 5.26 Å². The molecule has 0 saturated carbocycles. The van der Waals surface area contributed by atoms with Gasteiger partial charge in [0.25, 0.3) is 5.91 Å². The summed E-state index contributed by atoms with van der Waals surface area (Å²) in [6, 6.07) is 13.0. The highest BCUT2D eigenvalue weighted by molar-refractivity contribution is 6.05. The number of hydrogen-bond donors (Lipinski definition) is 1. The first-order valence-electron chi connectivity index (χ1n) is 6.62. The van der Waals surface area contributed by atoms with Crippen LogP contribution in [0.5, 0.6) is 0 Å². The van der Waals surface area contributed by atoms with Gasteiger partial charge in [-0.3, -0.25) is 4.79 Å². The van der Waals surface area contributed by atoms with E-state index in [1.165, 1.54) is 18.2 Å². The maximum atomic E-state index is 13.8. The third-order valence-electron chi connectivity index (χ3n) is 3.22. The Kier molecular flexibility index (Phi) is 3.61. The summed E-state index contributed by atoms with van der Waals surface area (Å²) >= 11 is 0. The first kappa shape index (κ1) is 14.5. The van der Waals surface area contributed by atoms with Crippen molar-refractivity contribution in [2.75, 3.05) is 5.32 Å². The number of nitrogens with one attached hydrogen (secondary N) is 1. The van der Waals surface area contributed by atoms with E-state index in [1.54, 1.807) is 30.3 Å². The molecule has 1 heterocycles. The summed E-state index contributed by atoms with van der Waals surface area (Å²) in [5.74, 6) is -1.41. The van der Waals surface area contributed by atoms with Crippen LogP contribution in [-0.4, -0.2) is 5.91 Å². The van der Waals surface area contributed by atoms with Crippen LogP contribution >= 0.6 is 0 Å². The standard InChI is InChI=1S/C17H9FN2O3/c18-14-7-10(9-19)1-4-13(14)17(22)20-12-3-5-15-11(8-12)2-6-16(21)23-15/h1-8H,(H,20,22). The van der Waals surface area contributed by atoms with E-state index < -0.39 is 17.3 Å². The molecule has 23 heavy (non-hydrogen) atoms. The van der Waals surface area contributed by atoms with Crippen LogP contribution in [-0.2, 0) is 0 Å². The molecule has 0 radical (unpaired) electrons. The number of fused-ring (bicyclic) bond motifs is 1. The van der Waals surface area contributed by atoms with Crippen molar-refractivity contribution < 1.29 is 13.6 Å². The predicted octanol–water partition coefficient (Wildman–Crippen LogP) is 3.06. The average Bonchev–Trinajstić information content (AvgIpc) is 2.54. The molecule has 0 unspecified atom stereocenters. The van der Waals surface area contributed by atoms with Gasteiger partial charge in [-0.15, -0.1) is 0 Å². The van der Waals surface area contributed by atoms with Crippen molar-refractivity contribution in [3.63, 3.8) is 0 Å². The van der Waals surface area contributed by atoms with Crippen molar-refractivity contribution in [3.05, 3.63) is 75.9 Å². The first-order chi connectivity index (χ1) is 11.1. The Labute approximate surface area is 129 Å². The van der Waals surface area contributed by atoms with E-state index in [0.717, 1.165) is 6.07 Å². The minimum Gasteiger partial charge on any atom is -0.423 e. The molecule has 0 bridgehead atoms. The van der Waals surface area contributed by atoms with E-state index in [2.05, 4.69) is 5.32 Å². The molecule has 0 atom stereocenters. The Balaban J connectivity index is 1.89. The van der Waals surface area contributed by atoms with Gasteiger partial charge >= 0.3 is 5.63 Å². The largest absolute Gasteiger partial charge is 0.423 e. The molecule has 0 aliphatic heterocycles. The van der Waals surface area contributed by atoms with Crippen LogP contribution < -0.4 is 10.9 Å². The summed E-state index contributed by atoms with van der Waals surface area (Å²) in [5.41, 5.74) is 0.331. The van der Waals surface area contributed by atoms with Crippen LogP contribution in [0.3, 0.4) is 0 Å².